The summed E-state index contributed by atoms with van der Waals surface area (Å²) in [5, 5.41) is 18.1. The number of phenols is 1. The van der Waals surface area contributed by atoms with E-state index in [0.717, 1.165) is 5.56 Å². The van der Waals surface area contributed by atoms with Crippen LogP contribution in [0.3, 0.4) is 0 Å². The number of phenolic OH excluding ortho intramolecular Hbond substituents is 1. The molecule has 3 aromatic carbocycles. The van der Waals surface area contributed by atoms with Gasteiger partial charge in [0.05, 0.1) is 42.6 Å². The zero-order chi connectivity index (χ0) is 23.1. The minimum absolute atomic E-state index is 0.0742. The van der Waals surface area contributed by atoms with Gasteiger partial charge in [0, 0.05) is 11.3 Å². The molecule has 3 rings (SSSR count). The fourth-order valence-corrected chi connectivity index (χ4v) is 3.42. The highest BCUT2D eigenvalue weighted by Gasteiger charge is 2.12. The van der Waals surface area contributed by atoms with E-state index in [1.54, 1.807) is 30.3 Å². The van der Waals surface area contributed by atoms with Crippen molar-refractivity contribution in [3.05, 3.63) is 75.8 Å². The van der Waals surface area contributed by atoms with Crippen molar-refractivity contribution in [2.24, 2.45) is 5.10 Å². The van der Waals surface area contributed by atoms with Crippen molar-refractivity contribution in [2.75, 3.05) is 19.5 Å². The molecule has 3 N–H and O–H groups in total. The molecule has 0 aromatic heterocycles. The second-order valence-electron chi connectivity index (χ2n) is 6.62. The van der Waals surface area contributed by atoms with E-state index in [1.807, 2.05) is 24.3 Å². The predicted molar refractivity (Wildman–Crippen MR) is 127 cm³/mol. The van der Waals surface area contributed by atoms with Crippen molar-refractivity contribution in [3.63, 3.8) is 0 Å². The van der Waals surface area contributed by atoms with Gasteiger partial charge in [-0.3, -0.25) is 4.79 Å². The van der Waals surface area contributed by atoms with Crippen LogP contribution in [0.4, 0.5) is 11.4 Å². The SMILES string of the molecule is COc1cc(/C=N/NC(=O)Cc2ccccc2Nc2c(Cl)cccc2Cl)cc(OC)c1O. The number of ether oxygens (including phenoxy) is 2. The summed E-state index contributed by atoms with van der Waals surface area (Å²) in [5.41, 5.74) is 5.08. The van der Waals surface area contributed by atoms with E-state index in [0.29, 0.717) is 27.0 Å². The summed E-state index contributed by atoms with van der Waals surface area (Å²) >= 11 is 12.5. The first-order chi connectivity index (χ1) is 15.4. The monoisotopic (exact) mass is 473 g/mol. The Morgan fingerprint density at radius 2 is 1.66 bits per heavy atom. The highest BCUT2D eigenvalue weighted by molar-refractivity contribution is 6.39. The third kappa shape index (κ3) is 5.63. The Labute approximate surface area is 195 Å². The number of hydrogen-bond donors (Lipinski definition) is 3. The molecule has 0 aliphatic carbocycles. The number of hydrogen-bond acceptors (Lipinski definition) is 6. The molecule has 7 nitrogen and oxygen atoms in total. The number of carbonyl (C=O) groups excluding carboxylic acids is 1. The van der Waals surface area contributed by atoms with Gasteiger partial charge in [0.2, 0.25) is 11.7 Å². The lowest BCUT2D eigenvalue weighted by molar-refractivity contribution is -0.120. The molecule has 0 bridgehead atoms. The molecular formula is C23H21Cl2N3O4. The Balaban J connectivity index is 1.70. The molecule has 0 atom stereocenters. The summed E-state index contributed by atoms with van der Waals surface area (Å²) in [5.74, 6) is 0.0307. The smallest absolute Gasteiger partial charge is 0.244 e. The van der Waals surface area contributed by atoms with Crippen LogP contribution in [0.15, 0.2) is 59.7 Å². The molecule has 0 saturated heterocycles. The summed E-state index contributed by atoms with van der Waals surface area (Å²) in [6.07, 6.45) is 1.50. The third-order valence-electron chi connectivity index (χ3n) is 4.50. The number of benzene rings is 3. The number of amides is 1. The van der Waals surface area contributed by atoms with Gasteiger partial charge in [-0.1, -0.05) is 47.5 Å². The Kier molecular flexibility index (Phi) is 7.81. The summed E-state index contributed by atoms with van der Waals surface area (Å²) in [7, 11) is 2.86. The Morgan fingerprint density at radius 3 is 2.28 bits per heavy atom. The van der Waals surface area contributed by atoms with Crippen molar-refractivity contribution in [2.45, 2.75) is 6.42 Å². The first-order valence-electron chi connectivity index (χ1n) is 9.48. The minimum atomic E-state index is -0.321. The van der Waals surface area contributed by atoms with E-state index < -0.39 is 0 Å². The van der Waals surface area contributed by atoms with Crippen molar-refractivity contribution in [1.82, 2.24) is 5.43 Å². The van der Waals surface area contributed by atoms with Crippen molar-refractivity contribution in [1.29, 1.82) is 0 Å². The molecule has 0 saturated carbocycles. The van der Waals surface area contributed by atoms with Gasteiger partial charge in [-0.2, -0.15) is 5.10 Å². The number of para-hydroxylation sites is 2. The highest BCUT2D eigenvalue weighted by Crippen LogP contribution is 2.36. The summed E-state index contributed by atoms with van der Waals surface area (Å²) < 4.78 is 10.2. The van der Waals surface area contributed by atoms with Crippen LogP contribution in [0.2, 0.25) is 10.0 Å². The first kappa shape index (κ1) is 23.2. The topological polar surface area (TPSA) is 92.2 Å². The van der Waals surface area contributed by atoms with Crippen LogP contribution in [-0.4, -0.2) is 31.4 Å². The number of carbonyl (C=O) groups is 1. The molecule has 0 aliphatic rings. The van der Waals surface area contributed by atoms with Gasteiger partial charge in [0.25, 0.3) is 0 Å². The van der Waals surface area contributed by atoms with Gasteiger partial charge in [-0.15, -0.1) is 0 Å². The molecule has 0 heterocycles. The highest BCUT2D eigenvalue weighted by atomic mass is 35.5. The molecule has 32 heavy (non-hydrogen) atoms. The number of methoxy groups -OCH3 is 2. The Morgan fingerprint density at radius 1 is 1.03 bits per heavy atom. The first-order valence-corrected chi connectivity index (χ1v) is 10.2. The fourth-order valence-electron chi connectivity index (χ4n) is 2.93. The molecule has 0 spiro atoms. The summed E-state index contributed by atoms with van der Waals surface area (Å²) in [4.78, 5) is 12.4. The maximum atomic E-state index is 12.4. The molecule has 0 fully saturated rings. The van der Waals surface area contributed by atoms with Gasteiger partial charge in [-0.25, -0.2) is 5.43 Å². The molecule has 0 aliphatic heterocycles. The molecule has 0 unspecified atom stereocenters. The molecular weight excluding hydrogens is 453 g/mol. The van der Waals surface area contributed by atoms with Crippen LogP contribution in [0.1, 0.15) is 11.1 Å². The van der Waals surface area contributed by atoms with Crippen LogP contribution >= 0.6 is 23.2 Å². The van der Waals surface area contributed by atoms with Crippen LogP contribution in [0.25, 0.3) is 0 Å². The number of rotatable bonds is 8. The number of aromatic hydroxyl groups is 1. The maximum absolute atomic E-state index is 12.4. The number of hydrazone groups is 1. The lowest BCUT2D eigenvalue weighted by Crippen LogP contribution is -2.20. The van der Waals surface area contributed by atoms with Gasteiger partial charge in [0.15, 0.2) is 11.5 Å². The summed E-state index contributed by atoms with van der Waals surface area (Å²) in [6, 6.07) is 15.7. The van der Waals surface area contributed by atoms with Gasteiger partial charge < -0.3 is 19.9 Å². The molecule has 0 radical (unpaired) electrons. The zero-order valence-corrected chi connectivity index (χ0v) is 18.9. The Hall–Kier alpha value is -3.42. The maximum Gasteiger partial charge on any atom is 0.244 e. The van der Waals surface area contributed by atoms with E-state index in [1.165, 1.54) is 20.4 Å². The number of halogens is 2. The van der Waals surface area contributed by atoms with Crippen molar-refractivity contribution < 1.29 is 19.4 Å². The standard InChI is InChI=1S/C23H21Cl2N3O4/c1-31-19-10-14(11-20(32-2)23(19)30)13-26-28-21(29)12-15-6-3-4-9-18(15)27-22-16(24)7-5-8-17(22)25/h3-11,13,27,30H,12H2,1-2H3,(H,28,29)/b26-13+. The number of nitrogens with one attached hydrogen (secondary N) is 2. The van der Waals surface area contributed by atoms with E-state index in [-0.39, 0.29) is 29.6 Å². The number of nitrogens with zero attached hydrogens (tertiary/aromatic N) is 1. The second-order valence-corrected chi connectivity index (χ2v) is 7.44. The van der Waals surface area contributed by atoms with E-state index in [4.69, 9.17) is 32.7 Å². The fraction of sp³-hybridized carbons (Fsp3) is 0.130. The second kappa shape index (κ2) is 10.7. The normalized spacial score (nSPS) is 10.8. The van der Waals surface area contributed by atoms with Crippen molar-refractivity contribution in [3.8, 4) is 17.2 Å². The predicted octanol–water partition coefficient (Wildman–Crippen LogP) is 5.15. The molecule has 3 aromatic rings. The van der Waals surface area contributed by atoms with E-state index in [9.17, 15) is 9.90 Å². The average molecular weight is 474 g/mol. The van der Waals surface area contributed by atoms with Crippen molar-refractivity contribution >= 4 is 46.7 Å². The molecule has 1 amide bonds. The van der Waals surface area contributed by atoms with E-state index >= 15 is 0 Å². The summed E-state index contributed by atoms with van der Waals surface area (Å²) in [6.45, 7) is 0. The molecule has 9 heteroatoms. The minimum Gasteiger partial charge on any atom is -0.502 e. The lowest BCUT2D eigenvalue weighted by atomic mass is 10.1. The van der Waals surface area contributed by atoms with Crippen LogP contribution in [0.5, 0.6) is 17.2 Å². The third-order valence-corrected chi connectivity index (χ3v) is 5.13. The average Bonchev–Trinajstić information content (AvgIpc) is 2.78. The quantitative estimate of drug-likeness (QED) is 0.310. The zero-order valence-electron chi connectivity index (χ0n) is 17.4. The lowest BCUT2D eigenvalue weighted by Gasteiger charge is -2.14. The number of anilines is 2. The van der Waals surface area contributed by atoms with Gasteiger partial charge in [-0.05, 0) is 35.9 Å². The van der Waals surface area contributed by atoms with Crippen LogP contribution < -0.4 is 20.2 Å². The van der Waals surface area contributed by atoms with Crippen LogP contribution in [-0.2, 0) is 11.2 Å². The largest absolute Gasteiger partial charge is 0.502 e. The van der Waals surface area contributed by atoms with Gasteiger partial charge >= 0.3 is 0 Å². The van der Waals surface area contributed by atoms with Gasteiger partial charge in [0.1, 0.15) is 0 Å². The molecule has 166 valence electrons. The Bertz CT molecular complexity index is 1110. The van der Waals surface area contributed by atoms with Crippen LogP contribution in [0, 0.1) is 0 Å². The van der Waals surface area contributed by atoms with E-state index in [2.05, 4.69) is 15.8 Å².